The normalized spacial score (nSPS) is 17.9. The van der Waals surface area contributed by atoms with Crippen LogP contribution in [0.3, 0.4) is 0 Å². The van der Waals surface area contributed by atoms with Crippen LogP contribution < -0.4 is 10.1 Å². The van der Waals surface area contributed by atoms with E-state index in [0.29, 0.717) is 6.04 Å². The van der Waals surface area contributed by atoms with Crippen molar-refractivity contribution in [2.75, 3.05) is 32.8 Å². The molecule has 3 nitrogen and oxygen atoms in total. The lowest BCUT2D eigenvalue weighted by atomic mass is 9.98. The summed E-state index contributed by atoms with van der Waals surface area (Å²) in [6.07, 6.45) is 2.28. The maximum Gasteiger partial charge on any atom is 0.124 e. The average Bonchev–Trinajstić information content (AvgIpc) is 2.47. The number of benzene rings is 1. The highest BCUT2D eigenvalue weighted by molar-refractivity contribution is 5.40. The fourth-order valence-electron chi connectivity index (χ4n) is 2.84. The van der Waals surface area contributed by atoms with Crippen molar-refractivity contribution in [3.63, 3.8) is 0 Å². The Morgan fingerprint density at radius 2 is 2.10 bits per heavy atom. The third kappa shape index (κ3) is 3.97. The third-order valence-corrected chi connectivity index (χ3v) is 4.14. The van der Waals surface area contributed by atoms with Crippen molar-refractivity contribution in [2.45, 2.75) is 39.7 Å². The van der Waals surface area contributed by atoms with Gasteiger partial charge in [0.15, 0.2) is 0 Å². The molecule has 0 saturated heterocycles. The first kappa shape index (κ1) is 15.3. The van der Waals surface area contributed by atoms with Crippen molar-refractivity contribution < 1.29 is 4.74 Å². The van der Waals surface area contributed by atoms with Crippen LogP contribution in [-0.2, 0) is 0 Å². The molecule has 0 fully saturated rings. The Bertz CT molecular complexity index is 415. The van der Waals surface area contributed by atoms with E-state index in [1.165, 1.54) is 24.1 Å². The van der Waals surface area contributed by atoms with Crippen LogP contribution in [0.4, 0.5) is 0 Å². The van der Waals surface area contributed by atoms with E-state index in [2.05, 4.69) is 49.2 Å². The zero-order chi connectivity index (χ0) is 14.4. The lowest BCUT2D eigenvalue weighted by Crippen LogP contribution is -2.31. The van der Waals surface area contributed by atoms with Crippen molar-refractivity contribution in [1.29, 1.82) is 0 Å². The first-order valence-electron chi connectivity index (χ1n) is 7.93. The molecule has 3 heteroatoms. The SMILES string of the molecule is CCN(CC)CCCNC1CCOc2ccc(C)cc21. The van der Waals surface area contributed by atoms with Gasteiger partial charge < -0.3 is 15.0 Å². The van der Waals surface area contributed by atoms with Gasteiger partial charge in [-0.15, -0.1) is 0 Å². The predicted octanol–water partition coefficient (Wildman–Crippen LogP) is 3.14. The highest BCUT2D eigenvalue weighted by Gasteiger charge is 2.20. The quantitative estimate of drug-likeness (QED) is 0.774. The molecule has 0 amide bonds. The van der Waals surface area contributed by atoms with Gasteiger partial charge in [0.25, 0.3) is 0 Å². The number of hydrogen-bond donors (Lipinski definition) is 1. The molecule has 0 aromatic heterocycles. The maximum absolute atomic E-state index is 5.74. The number of aryl methyl sites for hydroxylation is 1. The van der Waals surface area contributed by atoms with Gasteiger partial charge in [0.1, 0.15) is 5.75 Å². The summed E-state index contributed by atoms with van der Waals surface area (Å²) >= 11 is 0. The van der Waals surface area contributed by atoms with Crippen molar-refractivity contribution in [1.82, 2.24) is 10.2 Å². The fourth-order valence-corrected chi connectivity index (χ4v) is 2.84. The van der Waals surface area contributed by atoms with Gasteiger partial charge in [-0.05, 0) is 45.6 Å². The second kappa shape index (κ2) is 7.65. The molecule has 1 atom stereocenters. The molecule has 0 bridgehead atoms. The van der Waals surface area contributed by atoms with E-state index < -0.39 is 0 Å². The van der Waals surface area contributed by atoms with Gasteiger partial charge in [0.2, 0.25) is 0 Å². The Labute approximate surface area is 123 Å². The van der Waals surface area contributed by atoms with Crippen molar-refractivity contribution in [3.8, 4) is 5.75 Å². The van der Waals surface area contributed by atoms with E-state index in [9.17, 15) is 0 Å². The molecule has 0 aliphatic carbocycles. The van der Waals surface area contributed by atoms with Gasteiger partial charge in [-0.1, -0.05) is 31.5 Å². The Balaban J connectivity index is 1.84. The van der Waals surface area contributed by atoms with Gasteiger partial charge in [0, 0.05) is 18.0 Å². The lowest BCUT2D eigenvalue weighted by molar-refractivity contribution is 0.248. The molecular weight excluding hydrogens is 248 g/mol. The Morgan fingerprint density at radius 3 is 2.85 bits per heavy atom. The molecule has 20 heavy (non-hydrogen) atoms. The number of rotatable bonds is 7. The molecule has 1 aromatic carbocycles. The summed E-state index contributed by atoms with van der Waals surface area (Å²) in [6.45, 7) is 12.0. The first-order valence-corrected chi connectivity index (χ1v) is 7.93. The minimum atomic E-state index is 0.454. The summed E-state index contributed by atoms with van der Waals surface area (Å²) in [6, 6.07) is 6.95. The van der Waals surface area contributed by atoms with E-state index in [0.717, 1.165) is 38.4 Å². The van der Waals surface area contributed by atoms with E-state index in [-0.39, 0.29) is 0 Å². The summed E-state index contributed by atoms with van der Waals surface area (Å²) in [4.78, 5) is 2.48. The molecule has 112 valence electrons. The van der Waals surface area contributed by atoms with Gasteiger partial charge in [-0.2, -0.15) is 0 Å². The van der Waals surface area contributed by atoms with Crippen molar-refractivity contribution in [2.24, 2.45) is 0 Å². The smallest absolute Gasteiger partial charge is 0.124 e. The molecule has 1 heterocycles. The lowest BCUT2D eigenvalue weighted by Gasteiger charge is -2.27. The van der Waals surface area contributed by atoms with E-state index >= 15 is 0 Å². The molecule has 0 radical (unpaired) electrons. The third-order valence-electron chi connectivity index (χ3n) is 4.14. The van der Waals surface area contributed by atoms with Crippen molar-refractivity contribution >= 4 is 0 Å². The van der Waals surface area contributed by atoms with Crippen LogP contribution in [0.15, 0.2) is 18.2 Å². The summed E-state index contributed by atoms with van der Waals surface area (Å²) < 4.78 is 5.74. The largest absolute Gasteiger partial charge is 0.493 e. The molecule has 1 aliphatic heterocycles. The van der Waals surface area contributed by atoms with E-state index in [1.807, 2.05) is 0 Å². The summed E-state index contributed by atoms with van der Waals surface area (Å²) in [5.41, 5.74) is 2.64. The molecule has 0 spiro atoms. The minimum Gasteiger partial charge on any atom is -0.493 e. The van der Waals surface area contributed by atoms with Crippen LogP contribution in [0, 0.1) is 6.92 Å². The molecular formula is C17H28N2O. The Kier molecular flexibility index (Phi) is 5.86. The molecule has 0 saturated carbocycles. The highest BCUT2D eigenvalue weighted by Crippen LogP contribution is 2.32. The second-order valence-electron chi connectivity index (χ2n) is 5.57. The van der Waals surface area contributed by atoms with Gasteiger partial charge in [0.05, 0.1) is 6.61 Å². The molecule has 1 unspecified atom stereocenters. The topological polar surface area (TPSA) is 24.5 Å². The summed E-state index contributed by atoms with van der Waals surface area (Å²) in [5, 5.41) is 3.70. The van der Waals surface area contributed by atoms with Gasteiger partial charge in [-0.25, -0.2) is 0 Å². The average molecular weight is 276 g/mol. The zero-order valence-electron chi connectivity index (χ0n) is 13.1. The van der Waals surface area contributed by atoms with Gasteiger partial charge >= 0.3 is 0 Å². The first-order chi connectivity index (χ1) is 9.74. The number of nitrogens with zero attached hydrogens (tertiary/aromatic N) is 1. The number of nitrogens with one attached hydrogen (secondary N) is 1. The zero-order valence-corrected chi connectivity index (χ0v) is 13.1. The molecule has 1 N–H and O–H groups in total. The fraction of sp³-hybridized carbons (Fsp3) is 0.647. The predicted molar refractivity (Wildman–Crippen MR) is 84.4 cm³/mol. The summed E-state index contributed by atoms with van der Waals surface area (Å²) in [7, 11) is 0. The second-order valence-corrected chi connectivity index (χ2v) is 5.57. The maximum atomic E-state index is 5.74. The van der Waals surface area contributed by atoms with Crippen LogP contribution in [0.5, 0.6) is 5.75 Å². The van der Waals surface area contributed by atoms with Crippen molar-refractivity contribution in [3.05, 3.63) is 29.3 Å². The minimum absolute atomic E-state index is 0.454. The van der Waals surface area contributed by atoms with Crippen LogP contribution in [0.2, 0.25) is 0 Å². The van der Waals surface area contributed by atoms with Crippen LogP contribution in [-0.4, -0.2) is 37.7 Å². The molecule has 1 aliphatic rings. The molecule has 2 rings (SSSR count). The number of hydrogen-bond acceptors (Lipinski definition) is 3. The van der Waals surface area contributed by atoms with Crippen LogP contribution in [0.25, 0.3) is 0 Å². The Morgan fingerprint density at radius 1 is 1.30 bits per heavy atom. The van der Waals surface area contributed by atoms with Crippen LogP contribution in [0.1, 0.15) is 43.9 Å². The van der Waals surface area contributed by atoms with Gasteiger partial charge in [-0.3, -0.25) is 0 Å². The monoisotopic (exact) mass is 276 g/mol. The van der Waals surface area contributed by atoms with E-state index in [1.54, 1.807) is 0 Å². The summed E-state index contributed by atoms with van der Waals surface area (Å²) in [5.74, 6) is 1.06. The number of fused-ring (bicyclic) bond motifs is 1. The highest BCUT2D eigenvalue weighted by atomic mass is 16.5. The van der Waals surface area contributed by atoms with Crippen LogP contribution >= 0.6 is 0 Å². The number of ether oxygens (including phenoxy) is 1. The molecule has 1 aromatic rings. The van der Waals surface area contributed by atoms with E-state index in [4.69, 9.17) is 4.74 Å². The Hall–Kier alpha value is -1.06. The standard InChI is InChI=1S/C17H28N2O/c1-4-19(5-2)11-6-10-18-16-9-12-20-17-8-7-14(3)13-15(16)17/h7-8,13,16,18H,4-6,9-12H2,1-3H3.